The third-order valence-corrected chi connectivity index (χ3v) is 7.38. The highest BCUT2D eigenvalue weighted by molar-refractivity contribution is 6.30. The van der Waals surface area contributed by atoms with Gasteiger partial charge in [0.05, 0.1) is 11.6 Å². The predicted octanol–water partition coefficient (Wildman–Crippen LogP) is 3.83. The Labute approximate surface area is 193 Å². The molecule has 2 saturated heterocycles. The number of alkyl halides is 1. The van der Waals surface area contributed by atoms with Crippen LogP contribution < -0.4 is 10.2 Å². The van der Waals surface area contributed by atoms with Crippen molar-refractivity contribution in [2.24, 2.45) is 0 Å². The molecule has 3 heterocycles. The van der Waals surface area contributed by atoms with Crippen molar-refractivity contribution in [2.75, 3.05) is 37.6 Å². The summed E-state index contributed by atoms with van der Waals surface area (Å²) < 4.78 is 14.3. The molecule has 0 radical (unpaired) electrons. The number of carbonyl (C=O) groups is 1. The van der Waals surface area contributed by atoms with E-state index in [0.29, 0.717) is 43.3 Å². The number of hydrogen-bond acceptors (Lipinski definition) is 5. The van der Waals surface area contributed by atoms with E-state index in [2.05, 4.69) is 20.2 Å². The molecule has 3 aliphatic rings. The fourth-order valence-electron chi connectivity index (χ4n) is 5.46. The molecule has 1 aliphatic carbocycles. The van der Waals surface area contributed by atoms with Crippen LogP contribution in [0.1, 0.15) is 61.0 Å². The monoisotopic (exact) mass is 457 g/mol. The minimum Gasteiger partial charge on any atom is -0.353 e. The second-order valence-electron chi connectivity index (χ2n) is 9.14. The molecule has 2 aromatic rings. The maximum absolute atomic E-state index is 14.3. The van der Waals surface area contributed by atoms with Crippen LogP contribution >= 0.6 is 11.6 Å². The third-order valence-electron chi connectivity index (χ3n) is 7.13. The Hall–Kier alpha value is -2.25. The number of halogens is 2. The molecule has 5 rings (SSSR count). The van der Waals surface area contributed by atoms with Crippen LogP contribution in [-0.2, 0) is 4.79 Å². The summed E-state index contributed by atoms with van der Waals surface area (Å²) >= 11 is 6.09. The number of nitrogens with one attached hydrogen (secondary N) is 1. The van der Waals surface area contributed by atoms with Crippen LogP contribution in [0.5, 0.6) is 0 Å². The van der Waals surface area contributed by atoms with Crippen LogP contribution in [0.25, 0.3) is 0 Å². The number of anilines is 1. The van der Waals surface area contributed by atoms with Gasteiger partial charge in [-0.3, -0.25) is 4.79 Å². The van der Waals surface area contributed by atoms with Crippen LogP contribution in [0.4, 0.5) is 10.2 Å². The Kier molecular flexibility index (Phi) is 6.03. The van der Waals surface area contributed by atoms with Gasteiger partial charge in [-0.15, -0.1) is 0 Å². The molecule has 4 atom stereocenters. The number of nitrogens with zero attached hydrogens (tertiary/aromatic N) is 4. The van der Waals surface area contributed by atoms with E-state index in [4.69, 9.17) is 11.6 Å². The second-order valence-corrected chi connectivity index (χ2v) is 9.58. The zero-order valence-corrected chi connectivity index (χ0v) is 19.1. The van der Waals surface area contributed by atoms with Crippen molar-refractivity contribution in [3.63, 3.8) is 0 Å². The van der Waals surface area contributed by atoms with E-state index in [-0.39, 0.29) is 23.8 Å². The number of carbonyl (C=O) groups excluding carboxylic acids is 1. The maximum Gasteiger partial charge on any atom is 0.231 e. The molecule has 1 aromatic heterocycles. The number of hydrogen-bond donors (Lipinski definition) is 1. The van der Waals surface area contributed by atoms with E-state index in [1.54, 1.807) is 0 Å². The highest BCUT2D eigenvalue weighted by Gasteiger charge is 2.38. The molecule has 0 saturated carbocycles. The third kappa shape index (κ3) is 3.97. The molecule has 0 bridgehead atoms. The molecule has 1 amide bonds. The van der Waals surface area contributed by atoms with E-state index in [1.165, 1.54) is 6.33 Å². The van der Waals surface area contributed by atoms with E-state index in [0.717, 1.165) is 36.3 Å². The molecule has 32 heavy (non-hydrogen) atoms. The van der Waals surface area contributed by atoms with Crippen LogP contribution in [0, 0.1) is 0 Å². The lowest BCUT2D eigenvalue weighted by atomic mass is 9.89. The first-order valence-corrected chi connectivity index (χ1v) is 11.9. The van der Waals surface area contributed by atoms with Gasteiger partial charge in [-0.2, -0.15) is 0 Å². The van der Waals surface area contributed by atoms with Gasteiger partial charge in [-0.25, -0.2) is 14.4 Å². The number of benzene rings is 1. The first-order valence-electron chi connectivity index (χ1n) is 11.5. The number of rotatable bonds is 4. The molecule has 1 aromatic carbocycles. The lowest BCUT2D eigenvalue weighted by Crippen LogP contribution is -2.52. The van der Waals surface area contributed by atoms with Crippen LogP contribution in [0.2, 0.25) is 5.02 Å². The molecule has 6 nitrogen and oxygen atoms in total. The van der Waals surface area contributed by atoms with Gasteiger partial charge >= 0.3 is 0 Å². The highest BCUT2D eigenvalue weighted by atomic mass is 35.5. The molecular formula is C24H29ClFN5O. The van der Waals surface area contributed by atoms with E-state index >= 15 is 0 Å². The van der Waals surface area contributed by atoms with Crippen molar-refractivity contribution in [2.45, 2.75) is 50.2 Å². The van der Waals surface area contributed by atoms with E-state index in [1.807, 2.05) is 36.1 Å². The molecule has 8 heteroatoms. The maximum atomic E-state index is 14.3. The zero-order chi connectivity index (χ0) is 22.2. The SMILES string of the molecule is C[C@@H]1C[C@H](F)c2ncnc(N3CCN(C(=O)C(c4ccc(Cl)cc4)C4CCCN4)CC3)c21. The van der Waals surface area contributed by atoms with Crippen LogP contribution in [-0.4, -0.2) is 59.5 Å². The largest absolute Gasteiger partial charge is 0.353 e. The summed E-state index contributed by atoms with van der Waals surface area (Å²) in [6, 6.07) is 7.81. The first kappa shape index (κ1) is 21.6. The average Bonchev–Trinajstić information content (AvgIpc) is 3.44. The fourth-order valence-corrected chi connectivity index (χ4v) is 5.59. The summed E-state index contributed by atoms with van der Waals surface area (Å²) in [5.41, 5.74) is 2.49. The number of piperazine rings is 1. The first-order chi connectivity index (χ1) is 15.5. The van der Waals surface area contributed by atoms with Gasteiger partial charge < -0.3 is 15.1 Å². The van der Waals surface area contributed by atoms with Gasteiger partial charge in [0.1, 0.15) is 18.3 Å². The highest BCUT2D eigenvalue weighted by Crippen LogP contribution is 2.44. The number of amides is 1. The van der Waals surface area contributed by atoms with Crippen molar-refractivity contribution in [3.8, 4) is 0 Å². The lowest BCUT2D eigenvalue weighted by molar-refractivity contribution is -0.133. The molecular weight excluding hydrogens is 429 g/mol. The van der Waals surface area contributed by atoms with Crippen molar-refractivity contribution in [3.05, 3.63) is 52.4 Å². The average molecular weight is 458 g/mol. The molecule has 2 aliphatic heterocycles. The fraction of sp³-hybridized carbons (Fsp3) is 0.542. The summed E-state index contributed by atoms with van der Waals surface area (Å²) in [5, 5.41) is 4.19. The Balaban J connectivity index is 1.32. The van der Waals surface area contributed by atoms with Crippen molar-refractivity contribution in [1.29, 1.82) is 0 Å². The van der Waals surface area contributed by atoms with Crippen LogP contribution in [0.3, 0.4) is 0 Å². The molecule has 2 fully saturated rings. The Morgan fingerprint density at radius 1 is 1.19 bits per heavy atom. The molecule has 2 unspecified atom stereocenters. The van der Waals surface area contributed by atoms with Gasteiger partial charge in [-0.05, 0) is 49.4 Å². The van der Waals surface area contributed by atoms with E-state index < -0.39 is 6.17 Å². The molecule has 1 N–H and O–H groups in total. The Morgan fingerprint density at radius 3 is 2.62 bits per heavy atom. The van der Waals surface area contributed by atoms with E-state index in [9.17, 15) is 9.18 Å². The minimum atomic E-state index is -1.01. The normalized spacial score (nSPS) is 26.3. The van der Waals surface area contributed by atoms with Crippen LogP contribution in [0.15, 0.2) is 30.6 Å². The minimum absolute atomic E-state index is 0.110. The topological polar surface area (TPSA) is 61.4 Å². The smallest absolute Gasteiger partial charge is 0.231 e. The Morgan fingerprint density at radius 2 is 1.94 bits per heavy atom. The lowest BCUT2D eigenvalue weighted by Gasteiger charge is -2.38. The van der Waals surface area contributed by atoms with Gasteiger partial charge in [0.15, 0.2) is 0 Å². The number of aromatic nitrogens is 2. The molecule has 0 spiro atoms. The van der Waals surface area contributed by atoms with Gasteiger partial charge in [-0.1, -0.05) is 30.7 Å². The van der Waals surface area contributed by atoms with Gasteiger partial charge in [0, 0.05) is 42.8 Å². The molecule has 170 valence electrons. The summed E-state index contributed by atoms with van der Waals surface area (Å²) in [6.07, 6.45) is 3.01. The summed E-state index contributed by atoms with van der Waals surface area (Å²) in [6.45, 7) is 5.61. The van der Waals surface area contributed by atoms with Crippen molar-refractivity contribution >= 4 is 23.3 Å². The zero-order valence-electron chi connectivity index (χ0n) is 18.3. The second kappa shape index (κ2) is 8.94. The summed E-state index contributed by atoms with van der Waals surface area (Å²) in [5.74, 6) is 0.897. The summed E-state index contributed by atoms with van der Waals surface area (Å²) in [4.78, 5) is 26.5. The standard InChI is InChI=1S/C24H29ClFN5O/c1-15-13-18(26)22-20(15)23(29-14-28-22)30-9-11-31(12-10-30)24(32)21(19-3-2-8-27-19)16-4-6-17(25)7-5-16/h4-7,14-15,18-19,21,27H,2-3,8-13H2,1H3/t15-,18+,19?,21?/m1/s1. The quantitative estimate of drug-likeness (QED) is 0.756. The predicted molar refractivity (Wildman–Crippen MR) is 123 cm³/mol. The summed E-state index contributed by atoms with van der Waals surface area (Å²) in [7, 11) is 0. The van der Waals surface area contributed by atoms with Gasteiger partial charge in [0.2, 0.25) is 5.91 Å². The number of fused-ring (bicyclic) bond motifs is 1. The Bertz CT molecular complexity index is 973. The van der Waals surface area contributed by atoms with Crippen molar-refractivity contribution in [1.82, 2.24) is 20.2 Å². The van der Waals surface area contributed by atoms with Crippen molar-refractivity contribution < 1.29 is 9.18 Å². The van der Waals surface area contributed by atoms with Gasteiger partial charge in [0.25, 0.3) is 0 Å².